The number of carboxylic acids is 1. The van der Waals surface area contributed by atoms with Gasteiger partial charge in [-0.05, 0) is 43.9 Å². The van der Waals surface area contributed by atoms with Crippen LogP contribution in [0.25, 0.3) is 0 Å². The predicted molar refractivity (Wildman–Crippen MR) is 91.1 cm³/mol. The van der Waals surface area contributed by atoms with Crippen molar-refractivity contribution in [3.8, 4) is 0 Å². The number of aliphatic carboxylic acids is 1. The number of amides is 1. The Bertz CT molecular complexity index is 807. The molecule has 2 aliphatic rings. The van der Waals surface area contributed by atoms with Crippen molar-refractivity contribution in [3.63, 3.8) is 0 Å². The maximum absolute atomic E-state index is 12.3. The number of rotatable bonds is 4. The third-order valence-electron chi connectivity index (χ3n) is 4.43. The Morgan fingerprint density at radius 1 is 1.28 bits per heavy atom. The summed E-state index contributed by atoms with van der Waals surface area (Å²) < 4.78 is 30.8. The number of benzene rings is 1. The van der Waals surface area contributed by atoms with Crippen LogP contribution in [-0.2, 0) is 24.3 Å². The summed E-state index contributed by atoms with van der Waals surface area (Å²) in [4.78, 5) is 23.2. The highest BCUT2D eigenvalue weighted by atomic mass is 32.2. The van der Waals surface area contributed by atoms with Gasteiger partial charge in [0.2, 0.25) is 10.0 Å². The van der Waals surface area contributed by atoms with Gasteiger partial charge in [0.05, 0.1) is 11.4 Å². The first-order valence-corrected chi connectivity index (χ1v) is 9.69. The quantitative estimate of drug-likeness (QED) is 0.823. The van der Waals surface area contributed by atoms with Crippen molar-refractivity contribution in [2.24, 2.45) is 0 Å². The number of ether oxygens (including phenoxy) is 1. The minimum absolute atomic E-state index is 0.121. The molecule has 0 bridgehead atoms. The number of hydrogen-bond donors (Lipinski definition) is 2. The first kappa shape index (κ1) is 17.7. The Hall–Kier alpha value is -2.13. The zero-order valence-electron chi connectivity index (χ0n) is 13.8. The fourth-order valence-electron chi connectivity index (χ4n) is 3.10. The van der Waals surface area contributed by atoms with Gasteiger partial charge in [-0.3, -0.25) is 9.10 Å². The number of nitrogens with zero attached hydrogens (tertiary/aromatic N) is 1. The SMILES string of the molecule is Cc1ccc(NC(=O)[C@@H]2CC[C@H](C(=O)O)O2)cc1N1CCCS1(=O)=O. The summed E-state index contributed by atoms with van der Waals surface area (Å²) in [5.41, 5.74) is 1.80. The molecule has 0 spiro atoms. The van der Waals surface area contributed by atoms with Crippen molar-refractivity contribution in [2.75, 3.05) is 21.9 Å². The lowest BCUT2D eigenvalue weighted by molar-refractivity contribution is -0.150. The Labute approximate surface area is 145 Å². The van der Waals surface area contributed by atoms with E-state index in [4.69, 9.17) is 9.84 Å². The number of carbonyl (C=O) groups is 2. The summed E-state index contributed by atoms with van der Waals surface area (Å²) in [6.07, 6.45) is -0.578. The molecule has 1 amide bonds. The summed E-state index contributed by atoms with van der Waals surface area (Å²) in [7, 11) is -3.31. The van der Waals surface area contributed by atoms with Gasteiger partial charge in [-0.1, -0.05) is 6.07 Å². The highest BCUT2D eigenvalue weighted by Crippen LogP contribution is 2.30. The van der Waals surface area contributed by atoms with Crippen molar-refractivity contribution < 1.29 is 27.9 Å². The van der Waals surface area contributed by atoms with E-state index in [0.29, 0.717) is 37.2 Å². The monoisotopic (exact) mass is 368 g/mol. The van der Waals surface area contributed by atoms with E-state index in [2.05, 4.69) is 5.32 Å². The molecule has 0 aliphatic carbocycles. The van der Waals surface area contributed by atoms with Gasteiger partial charge in [-0.2, -0.15) is 0 Å². The number of carboxylic acid groups (broad SMARTS) is 1. The summed E-state index contributed by atoms with van der Waals surface area (Å²) in [6, 6.07) is 5.05. The van der Waals surface area contributed by atoms with Crippen LogP contribution in [0.4, 0.5) is 11.4 Å². The van der Waals surface area contributed by atoms with Crippen LogP contribution < -0.4 is 9.62 Å². The standard InChI is InChI=1S/C16H20N2O6S/c1-10-3-4-11(9-12(10)18-7-2-8-25(18,22)23)17-15(19)13-5-6-14(24-13)16(20)21/h3-4,9,13-14H,2,5-8H2,1H3,(H,17,19)(H,20,21)/t13-,14+/m0/s1. The van der Waals surface area contributed by atoms with Gasteiger partial charge >= 0.3 is 5.97 Å². The average molecular weight is 368 g/mol. The molecular formula is C16H20N2O6S. The average Bonchev–Trinajstić information content (AvgIpc) is 3.16. The Morgan fingerprint density at radius 3 is 2.60 bits per heavy atom. The second kappa shape index (κ2) is 6.64. The maximum Gasteiger partial charge on any atom is 0.332 e. The summed E-state index contributed by atoms with van der Waals surface area (Å²) >= 11 is 0. The van der Waals surface area contributed by atoms with Gasteiger partial charge in [0.1, 0.15) is 6.10 Å². The second-order valence-electron chi connectivity index (χ2n) is 6.26. The van der Waals surface area contributed by atoms with Crippen LogP contribution in [0, 0.1) is 6.92 Å². The third-order valence-corrected chi connectivity index (χ3v) is 6.29. The van der Waals surface area contributed by atoms with Crippen molar-refractivity contribution in [2.45, 2.75) is 38.4 Å². The van der Waals surface area contributed by atoms with Crippen molar-refractivity contribution in [1.29, 1.82) is 0 Å². The van der Waals surface area contributed by atoms with Gasteiger partial charge in [-0.25, -0.2) is 13.2 Å². The lowest BCUT2D eigenvalue weighted by Crippen LogP contribution is -2.30. The molecule has 1 aromatic rings. The van der Waals surface area contributed by atoms with Crippen LogP contribution in [0.3, 0.4) is 0 Å². The largest absolute Gasteiger partial charge is 0.479 e. The summed E-state index contributed by atoms with van der Waals surface area (Å²) in [5.74, 6) is -1.38. The Kier molecular flexibility index (Phi) is 4.70. The minimum Gasteiger partial charge on any atom is -0.479 e. The molecule has 2 atom stereocenters. The van der Waals surface area contributed by atoms with Gasteiger partial charge in [0.25, 0.3) is 5.91 Å². The molecule has 9 heteroatoms. The van der Waals surface area contributed by atoms with Crippen molar-refractivity contribution in [3.05, 3.63) is 23.8 Å². The molecule has 2 saturated heterocycles. The lowest BCUT2D eigenvalue weighted by Gasteiger charge is -2.20. The zero-order valence-corrected chi connectivity index (χ0v) is 14.6. The first-order valence-electron chi connectivity index (χ1n) is 8.08. The van der Waals surface area contributed by atoms with E-state index < -0.39 is 34.1 Å². The molecule has 0 saturated carbocycles. The predicted octanol–water partition coefficient (Wildman–Crippen LogP) is 1.11. The molecule has 0 radical (unpaired) electrons. The molecule has 2 N–H and O–H groups in total. The third kappa shape index (κ3) is 3.62. The van der Waals surface area contributed by atoms with Crippen LogP contribution in [0.1, 0.15) is 24.8 Å². The van der Waals surface area contributed by atoms with Gasteiger partial charge in [0.15, 0.2) is 6.10 Å². The highest BCUT2D eigenvalue weighted by molar-refractivity contribution is 7.93. The lowest BCUT2D eigenvalue weighted by atomic mass is 10.1. The topological polar surface area (TPSA) is 113 Å². The molecule has 0 unspecified atom stereocenters. The Balaban J connectivity index is 1.75. The van der Waals surface area contributed by atoms with Gasteiger partial charge in [0, 0.05) is 12.2 Å². The molecule has 2 aliphatic heterocycles. The molecule has 3 rings (SSSR count). The van der Waals surface area contributed by atoms with Crippen molar-refractivity contribution in [1.82, 2.24) is 0 Å². The maximum atomic E-state index is 12.3. The molecule has 1 aromatic carbocycles. The molecule has 2 heterocycles. The zero-order chi connectivity index (χ0) is 18.2. The van der Waals surface area contributed by atoms with Crippen molar-refractivity contribution >= 4 is 33.3 Å². The number of hydrogen-bond acceptors (Lipinski definition) is 5. The highest BCUT2D eigenvalue weighted by Gasteiger charge is 2.35. The van der Waals surface area contributed by atoms with E-state index in [1.54, 1.807) is 18.2 Å². The van der Waals surface area contributed by atoms with Crippen LogP contribution in [0.5, 0.6) is 0 Å². The fraction of sp³-hybridized carbons (Fsp3) is 0.500. The van der Waals surface area contributed by atoms with Gasteiger partial charge in [-0.15, -0.1) is 0 Å². The minimum atomic E-state index is -3.31. The Morgan fingerprint density at radius 2 is 2.00 bits per heavy atom. The molecular weight excluding hydrogens is 348 g/mol. The molecule has 2 fully saturated rings. The normalized spacial score (nSPS) is 25.1. The molecule has 8 nitrogen and oxygen atoms in total. The van der Waals surface area contributed by atoms with E-state index in [1.807, 2.05) is 6.92 Å². The van der Waals surface area contributed by atoms with E-state index >= 15 is 0 Å². The molecule has 136 valence electrons. The molecule has 25 heavy (non-hydrogen) atoms. The fourth-order valence-corrected chi connectivity index (χ4v) is 4.72. The number of aryl methyl sites for hydroxylation is 1. The number of sulfonamides is 1. The summed E-state index contributed by atoms with van der Waals surface area (Å²) in [6.45, 7) is 2.24. The van der Waals surface area contributed by atoms with E-state index in [0.717, 1.165) is 5.56 Å². The first-order chi connectivity index (χ1) is 11.8. The number of nitrogens with one attached hydrogen (secondary N) is 1. The number of carbonyl (C=O) groups excluding carboxylic acids is 1. The second-order valence-corrected chi connectivity index (χ2v) is 8.27. The van der Waals surface area contributed by atoms with E-state index in [9.17, 15) is 18.0 Å². The van der Waals surface area contributed by atoms with E-state index in [-0.39, 0.29) is 5.75 Å². The molecule has 0 aromatic heterocycles. The number of anilines is 2. The van der Waals surface area contributed by atoms with E-state index in [1.165, 1.54) is 4.31 Å². The van der Waals surface area contributed by atoms with Gasteiger partial charge < -0.3 is 15.2 Å². The van der Waals surface area contributed by atoms with Crippen LogP contribution in [0.2, 0.25) is 0 Å². The smallest absolute Gasteiger partial charge is 0.332 e. The van der Waals surface area contributed by atoms with Crippen LogP contribution >= 0.6 is 0 Å². The summed E-state index contributed by atoms with van der Waals surface area (Å²) in [5, 5.41) is 11.6. The van der Waals surface area contributed by atoms with Crippen LogP contribution in [0.15, 0.2) is 18.2 Å². The van der Waals surface area contributed by atoms with Crippen LogP contribution in [-0.4, -0.2) is 49.9 Å².